The second-order valence-corrected chi connectivity index (χ2v) is 32.9. The lowest BCUT2D eigenvalue weighted by Gasteiger charge is -2.21. The molecule has 5 atom stereocenters. The first-order chi connectivity index (χ1) is 55.2. The maximum absolute atomic E-state index is 13.0. The number of carbonyl (C=O) groups is 3. The summed E-state index contributed by atoms with van der Waals surface area (Å²) in [5, 5.41) is 20.7. The molecule has 0 fully saturated rings. The lowest BCUT2D eigenvalue weighted by Crippen LogP contribution is -2.30. The molecule has 5 unspecified atom stereocenters. The van der Waals surface area contributed by atoms with Gasteiger partial charge in [0.05, 0.1) is 26.4 Å². The summed E-state index contributed by atoms with van der Waals surface area (Å²) in [7, 11) is -9.80. The molecule has 16 nitrogen and oxygen atoms in total. The summed E-state index contributed by atoms with van der Waals surface area (Å²) in [5.74, 6) is -1.57. The number of allylic oxidation sites excluding steroid dienone is 24. The third kappa shape index (κ3) is 88.1. The average Bonchev–Trinajstić information content (AvgIpc) is 0.904. The molecule has 0 aliphatic rings. The monoisotopic (exact) mass is 1620 g/mol. The minimum atomic E-state index is -4.94. The van der Waals surface area contributed by atoms with E-state index in [2.05, 4.69) is 167 Å². The van der Waals surface area contributed by atoms with Crippen molar-refractivity contribution in [1.29, 1.82) is 0 Å². The Kier molecular flexibility index (Phi) is 83.3. The standard InChI is InChI=1S/C95H164O16P2/c1-4-7-10-13-16-19-22-25-28-30-32-34-36-38-40-41-42-43-44-45-46-47-49-51-52-54-56-58-61-63-66-69-72-75-78-81-93(98)105-84-90(96)85-107-112(101,102)108-86-91(97)87-109-113(103,104)110-89-92(111-95(100)83-80-77-74-71-68-65-60-27-24-21-18-15-12-9-6-3)88-106-94(99)82-79-76-73-70-67-64-62-59-57-55-53-50-48-39-37-35-33-31-29-26-23-20-17-14-11-8-5-2/h7-8,10-11,16-17,19-20,25-26,28-29,32-35,38-40,42-43,48,53,55,90-92,96-97H,4-6,9,12-15,18,21-24,27,30-31,36-37,41,44-47,49-52,54,56-89H2,1-3H3,(H,101,102)(H,103,104)/b10-7-,11-8-,19-16-,20-17-,28-25-,29-26-,34-32-,35-33-,40-38-,43-42-,48-39-,55-53-. The van der Waals surface area contributed by atoms with Gasteiger partial charge in [-0.25, -0.2) is 9.13 Å². The molecule has 0 saturated heterocycles. The Morgan fingerprint density at radius 2 is 0.469 bits per heavy atom. The minimum absolute atomic E-state index is 0.105. The highest BCUT2D eigenvalue weighted by atomic mass is 31.2. The Hall–Kier alpha value is -4.57. The molecular formula is C95H164O16P2. The molecule has 0 aliphatic heterocycles. The summed E-state index contributed by atoms with van der Waals surface area (Å²) in [4.78, 5) is 58.9. The zero-order chi connectivity index (χ0) is 82.2. The quantitative estimate of drug-likeness (QED) is 0.0146. The van der Waals surface area contributed by atoms with Crippen molar-refractivity contribution in [1.82, 2.24) is 0 Å². The van der Waals surface area contributed by atoms with Crippen molar-refractivity contribution in [3.8, 4) is 0 Å². The molecule has 0 saturated carbocycles. The van der Waals surface area contributed by atoms with Crippen LogP contribution in [0.15, 0.2) is 146 Å². The third-order valence-electron chi connectivity index (χ3n) is 19.1. The largest absolute Gasteiger partial charge is 0.472 e. The molecular weight excluding hydrogens is 1460 g/mol. The van der Waals surface area contributed by atoms with E-state index in [4.69, 9.17) is 32.3 Å². The van der Waals surface area contributed by atoms with Crippen LogP contribution < -0.4 is 0 Å². The van der Waals surface area contributed by atoms with Crippen molar-refractivity contribution < 1.29 is 75.8 Å². The van der Waals surface area contributed by atoms with E-state index in [-0.39, 0.29) is 19.3 Å². The Morgan fingerprint density at radius 3 is 0.743 bits per heavy atom. The van der Waals surface area contributed by atoms with Gasteiger partial charge in [0.25, 0.3) is 0 Å². The Labute approximate surface area is 689 Å². The highest BCUT2D eigenvalue weighted by Gasteiger charge is 2.29. The highest BCUT2D eigenvalue weighted by Crippen LogP contribution is 2.45. The SMILES string of the molecule is CC/C=C\C/C=C\C/C=C\C/C=C\C/C=C\C/C=C\CCCCCCCCCCCCCCCCCCC(=O)OCC(O)COP(=O)(O)OCC(O)COP(=O)(O)OCC(COC(=O)CCCCCCCCCC/C=C\C/C=C\C/C=C\C/C=C\C/C=C\C/C=C\CC)OC(=O)CCCCCCCCCCCCCCCCC. The van der Waals surface area contributed by atoms with E-state index < -0.39 is 91.5 Å². The molecule has 4 N–H and O–H groups in total. The van der Waals surface area contributed by atoms with Crippen LogP contribution in [0.5, 0.6) is 0 Å². The first-order valence-electron chi connectivity index (χ1n) is 45.1. The van der Waals surface area contributed by atoms with Gasteiger partial charge in [0.15, 0.2) is 6.10 Å². The Bertz CT molecular complexity index is 2630. The number of hydrogen-bond acceptors (Lipinski definition) is 14. The van der Waals surface area contributed by atoms with Crippen LogP contribution >= 0.6 is 15.6 Å². The van der Waals surface area contributed by atoms with Gasteiger partial charge in [0.1, 0.15) is 25.4 Å². The summed E-state index contributed by atoms with van der Waals surface area (Å²) in [5.41, 5.74) is 0. The van der Waals surface area contributed by atoms with E-state index in [1.807, 2.05) is 0 Å². The van der Waals surface area contributed by atoms with Crippen LogP contribution in [0.3, 0.4) is 0 Å². The molecule has 650 valence electrons. The number of ether oxygens (including phenoxy) is 3. The van der Waals surface area contributed by atoms with Gasteiger partial charge in [-0.2, -0.15) is 0 Å². The number of unbranched alkanes of at least 4 members (excludes halogenated alkanes) is 38. The summed E-state index contributed by atoms with van der Waals surface area (Å²) in [6.45, 7) is 2.50. The van der Waals surface area contributed by atoms with Crippen LogP contribution in [-0.2, 0) is 55.8 Å². The summed E-state index contributed by atoms with van der Waals surface area (Å²) in [6, 6.07) is 0. The number of aliphatic hydroxyl groups is 2. The predicted octanol–water partition coefficient (Wildman–Crippen LogP) is 27.6. The molecule has 0 amide bonds. The van der Waals surface area contributed by atoms with Gasteiger partial charge in [0.2, 0.25) is 0 Å². The maximum atomic E-state index is 13.0. The second-order valence-electron chi connectivity index (χ2n) is 30.0. The van der Waals surface area contributed by atoms with Crippen LogP contribution in [0.25, 0.3) is 0 Å². The zero-order valence-corrected chi connectivity index (χ0v) is 73.3. The first kappa shape index (κ1) is 108. The molecule has 0 spiro atoms. The van der Waals surface area contributed by atoms with Crippen LogP contribution in [0.1, 0.15) is 380 Å². The van der Waals surface area contributed by atoms with E-state index in [9.17, 15) is 43.5 Å². The number of rotatable bonds is 85. The first-order valence-corrected chi connectivity index (χ1v) is 48.1. The van der Waals surface area contributed by atoms with E-state index in [1.165, 1.54) is 167 Å². The van der Waals surface area contributed by atoms with Gasteiger partial charge in [-0.15, -0.1) is 0 Å². The van der Waals surface area contributed by atoms with Gasteiger partial charge >= 0.3 is 33.6 Å². The molecule has 0 rings (SSSR count). The lowest BCUT2D eigenvalue weighted by molar-refractivity contribution is -0.161. The van der Waals surface area contributed by atoms with Gasteiger partial charge in [-0.3, -0.25) is 32.5 Å². The summed E-state index contributed by atoms with van der Waals surface area (Å²) in [6.07, 6.45) is 109. The number of hydrogen-bond donors (Lipinski definition) is 4. The second kappa shape index (κ2) is 86.8. The number of aliphatic hydroxyl groups excluding tert-OH is 2. The minimum Gasteiger partial charge on any atom is -0.463 e. The van der Waals surface area contributed by atoms with E-state index in [0.717, 1.165) is 154 Å². The maximum Gasteiger partial charge on any atom is 0.472 e. The highest BCUT2D eigenvalue weighted by molar-refractivity contribution is 7.47. The van der Waals surface area contributed by atoms with Crippen molar-refractivity contribution in [2.45, 2.75) is 399 Å². The average molecular weight is 1620 g/mol. The van der Waals surface area contributed by atoms with Crippen LogP contribution in [0.2, 0.25) is 0 Å². The van der Waals surface area contributed by atoms with Gasteiger partial charge in [-0.1, -0.05) is 385 Å². The van der Waals surface area contributed by atoms with Crippen molar-refractivity contribution in [2.75, 3.05) is 39.6 Å². The molecule has 0 bridgehead atoms. The number of phosphoric ester groups is 2. The Morgan fingerprint density at radius 1 is 0.257 bits per heavy atom. The molecule has 0 radical (unpaired) electrons. The number of phosphoric acid groups is 2. The van der Waals surface area contributed by atoms with Crippen molar-refractivity contribution in [2.24, 2.45) is 0 Å². The zero-order valence-electron chi connectivity index (χ0n) is 71.5. The molecule has 0 aromatic heterocycles. The van der Waals surface area contributed by atoms with Crippen LogP contribution in [0, 0.1) is 0 Å². The van der Waals surface area contributed by atoms with Crippen molar-refractivity contribution in [3.05, 3.63) is 146 Å². The topological polar surface area (TPSA) is 231 Å². The fourth-order valence-electron chi connectivity index (χ4n) is 12.3. The van der Waals surface area contributed by atoms with E-state index >= 15 is 0 Å². The predicted molar refractivity (Wildman–Crippen MR) is 473 cm³/mol. The van der Waals surface area contributed by atoms with Crippen LogP contribution in [-0.4, -0.2) is 95.9 Å². The van der Waals surface area contributed by atoms with Crippen LogP contribution in [0.4, 0.5) is 0 Å². The van der Waals surface area contributed by atoms with E-state index in [1.54, 1.807) is 0 Å². The smallest absolute Gasteiger partial charge is 0.463 e. The molecule has 113 heavy (non-hydrogen) atoms. The molecule has 0 aliphatic carbocycles. The van der Waals surface area contributed by atoms with Crippen molar-refractivity contribution in [3.63, 3.8) is 0 Å². The summed E-state index contributed by atoms with van der Waals surface area (Å²) < 4.78 is 61.4. The Balaban J connectivity index is 4.45. The molecule has 0 aromatic rings. The number of carbonyl (C=O) groups excluding carboxylic acids is 3. The fraction of sp³-hybridized carbons (Fsp3) is 0.716. The van der Waals surface area contributed by atoms with Gasteiger partial charge in [0, 0.05) is 19.3 Å². The molecule has 0 aromatic carbocycles. The summed E-state index contributed by atoms with van der Waals surface area (Å²) >= 11 is 0. The van der Waals surface area contributed by atoms with Gasteiger partial charge in [-0.05, 0) is 122 Å². The van der Waals surface area contributed by atoms with Crippen molar-refractivity contribution >= 4 is 33.6 Å². The number of esters is 3. The third-order valence-corrected chi connectivity index (χ3v) is 21.0. The molecule has 0 heterocycles. The normalized spacial score (nSPS) is 14.5. The van der Waals surface area contributed by atoms with E-state index in [0.29, 0.717) is 19.3 Å². The lowest BCUT2D eigenvalue weighted by atomic mass is 10.0. The molecule has 18 heteroatoms. The fourth-order valence-corrected chi connectivity index (χ4v) is 13.9. The van der Waals surface area contributed by atoms with Gasteiger partial charge < -0.3 is 34.2 Å².